The van der Waals surface area contributed by atoms with Crippen LogP contribution in [0.4, 0.5) is 5.69 Å². The summed E-state index contributed by atoms with van der Waals surface area (Å²) < 4.78 is 5.53. The van der Waals surface area contributed by atoms with E-state index in [1.165, 1.54) is 11.3 Å². The van der Waals surface area contributed by atoms with Crippen LogP contribution in [0.2, 0.25) is 0 Å². The summed E-state index contributed by atoms with van der Waals surface area (Å²) in [6.45, 7) is 9.00. The molecule has 0 bridgehead atoms. The highest BCUT2D eigenvalue weighted by molar-refractivity contribution is 5.48. The van der Waals surface area contributed by atoms with Crippen molar-refractivity contribution in [2.45, 2.75) is 25.3 Å². The number of piperazine rings is 1. The third-order valence-corrected chi connectivity index (χ3v) is 5.12. The molecule has 2 N–H and O–H groups in total. The van der Waals surface area contributed by atoms with Crippen LogP contribution < -0.4 is 10.6 Å². The fraction of sp³-hybridized carbons (Fsp3) is 0.647. The minimum absolute atomic E-state index is 0.178. The van der Waals surface area contributed by atoms with E-state index in [1.807, 2.05) is 0 Å². The van der Waals surface area contributed by atoms with Crippen molar-refractivity contribution in [1.82, 2.24) is 4.90 Å². The molecule has 0 spiro atoms. The first-order valence-electron chi connectivity index (χ1n) is 8.08. The van der Waals surface area contributed by atoms with Crippen LogP contribution in [0.1, 0.15) is 18.4 Å². The first-order valence-corrected chi connectivity index (χ1v) is 8.08. The van der Waals surface area contributed by atoms with Crippen molar-refractivity contribution in [2.24, 2.45) is 5.73 Å². The molecule has 0 aromatic heterocycles. The van der Waals surface area contributed by atoms with Gasteiger partial charge in [-0.3, -0.25) is 4.90 Å². The molecule has 0 radical (unpaired) electrons. The van der Waals surface area contributed by atoms with Crippen LogP contribution in [0, 0.1) is 6.92 Å². The normalized spacial score (nSPS) is 23.2. The molecular weight excluding hydrogens is 262 g/mol. The van der Waals surface area contributed by atoms with Crippen LogP contribution in [0.5, 0.6) is 0 Å². The highest BCUT2D eigenvalue weighted by atomic mass is 16.5. The van der Waals surface area contributed by atoms with Crippen molar-refractivity contribution in [1.29, 1.82) is 0 Å². The molecular formula is C17H27N3O. The van der Waals surface area contributed by atoms with E-state index in [1.54, 1.807) is 0 Å². The van der Waals surface area contributed by atoms with Gasteiger partial charge >= 0.3 is 0 Å². The summed E-state index contributed by atoms with van der Waals surface area (Å²) in [4.78, 5) is 5.11. The molecule has 116 valence electrons. The Labute approximate surface area is 127 Å². The summed E-state index contributed by atoms with van der Waals surface area (Å²) >= 11 is 0. The molecule has 0 amide bonds. The second kappa shape index (κ2) is 6.34. The lowest BCUT2D eigenvalue weighted by atomic mass is 9.87. The summed E-state index contributed by atoms with van der Waals surface area (Å²) in [6.07, 6.45) is 2.15. The van der Waals surface area contributed by atoms with E-state index in [9.17, 15) is 0 Å². The zero-order valence-electron chi connectivity index (χ0n) is 13.1. The topological polar surface area (TPSA) is 41.7 Å². The second-order valence-electron chi connectivity index (χ2n) is 6.35. The van der Waals surface area contributed by atoms with E-state index in [-0.39, 0.29) is 5.54 Å². The lowest BCUT2D eigenvalue weighted by Crippen LogP contribution is -2.62. The molecule has 0 aliphatic carbocycles. The van der Waals surface area contributed by atoms with Gasteiger partial charge in [0.05, 0.1) is 0 Å². The van der Waals surface area contributed by atoms with Crippen LogP contribution in [0.3, 0.4) is 0 Å². The molecule has 4 nitrogen and oxygen atoms in total. The van der Waals surface area contributed by atoms with E-state index in [4.69, 9.17) is 10.5 Å². The SMILES string of the molecule is Cc1cccc(N2CCN(C3(CN)CCOCC3)CC2)c1. The van der Waals surface area contributed by atoms with E-state index < -0.39 is 0 Å². The van der Waals surface area contributed by atoms with Gasteiger partial charge in [-0.15, -0.1) is 0 Å². The van der Waals surface area contributed by atoms with Gasteiger partial charge in [0.25, 0.3) is 0 Å². The Morgan fingerprint density at radius 1 is 1.14 bits per heavy atom. The minimum Gasteiger partial charge on any atom is -0.381 e. The lowest BCUT2D eigenvalue weighted by Gasteiger charge is -2.49. The number of nitrogens with zero attached hydrogens (tertiary/aromatic N) is 2. The van der Waals surface area contributed by atoms with Gasteiger partial charge in [0, 0.05) is 57.2 Å². The molecule has 21 heavy (non-hydrogen) atoms. The van der Waals surface area contributed by atoms with Crippen molar-refractivity contribution in [2.75, 3.05) is 50.8 Å². The number of anilines is 1. The number of ether oxygens (including phenoxy) is 1. The number of hydrogen-bond acceptors (Lipinski definition) is 4. The Morgan fingerprint density at radius 2 is 1.86 bits per heavy atom. The molecule has 1 aromatic rings. The van der Waals surface area contributed by atoms with Crippen LogP contribution in [-0.2, 0) is 4.74 Å². The van der Waals surface area contributed by atoms with E-state index >= 15 is 0 Å². The van der Waals surface area contributed by atoms with Crippen molar-refractivity contribution in [3.05, 3.63) is 29.8 Å². The Hall–Kier alpha value is -1.10. The van der Waals surface area contributed by atoms with Crippen LogP contribution in [0.25, 0.3) is 0 Å². The molecule has 2 aliphatic heterocycles. The van der Waals surface area contributed by atoms with Crippen LogP contribution in [0.15, 0.2) is 24.3 Å². The molecule has 0 saturated carbocycles. The largest absolute Gasteiger partial charge is 0.381 e. The minimum atomic E-state index is 0.178. The average molecular weight is 289 g/mol. The van der Waals surface area contributed by atoms with E-state index in [0.717, 1.165) is 58.8 Å². The molecule has 2 fully saturated rings. The van der Waals surface area contributed by atoms with Gasteiger partial charge in [0.2, 0.25) is 0 Å². The van der Waals surface area contributed by atoms with Crippen LogP contribution in [-0.4, -0.2) is 56.4 Å². The molecule has 1 aromatic carbocycles. The van der Waals surface area contributed by atoms with Crippen molar-refractivity contribution < 1.29 is 4.74 Å². The standard InChI is InChI=1S/C17H27N3O/c1-15-3-2-4-16(13-15)19-7-9-20(10-8-19)17(14-18)5-11-21-12-6-17/h2-4,13H,5-12,14,18H2,1H3. The molecule has 2 saturated heterocycles. The Kier molecular flexibility index (Phi) is 4.48. The Morgan fingerprint density at radius 3 is 2.48 bits per heavy atom. The quantitative estimate of drug-likeness (QED) is 0.918. The molecule has 2 aliphatic rings. The highest BCUT2D eigenvalue weighted by Gasteiger charge is 2.38. The highest BCUT2D eigenvalue weighted by Crippen LogP contribution is 2.29. The Balaban J connectivity index is 1.64. The average Bonchev–Trinajstić information content (AvgIpc) is 2.56. The van der Waals surface area contributed by atoms with Crippen molar-refractivity contribution >= 4 is 5.69 Å². The summed E-state index contributed by atoms with van der Waals surface area (Å²) in [5.41, 5.74) is 8.98. The number of rotatable bonds is 3. The molecule has 0 unspecified atom stereocenters. The van der Waals surface area contributed by atoms with Gasteiger partial charge in [-0.25, -0.2) is 0 Å². The number of hydrogen-bond donors (Lipinski definition) is 1. The van der Waals surface area contributed by atoms with Gasteiger partial charge in [0.1, 0.15) is 0 Å². The van der Waals surface area contributed by atoms with Crippen molar-refractivity contribution in [3.63, 3.8) is 0 Å². The summed E-state index contributed by atoms with van der Waals surface area (Å²) in [6, 6.07) is 8.81. The van der Waals surface area contributed by atoms with E-state index in [2.05, 4.69) is 41.0 Å². The predicted octanol–water partition coefficient (Wildman–Crippen LogP) is 1.62. The first-order chi connectivity index (χ1) is 10.2. The van der Waals surface area contributed by atoms with Gasteiger partial charge in [-0.1, -0.05) is 12.1 Å². The maximum Gasteiger partial charge on any atom is 0.0484 e. The molecule has 0 atom stereocenters. The van der Waals surface area contributed by atoms with E-state index in [0.29, 0.717) is 0 Å². The predicted molar refractivity (Wildman–Crippen MR) is 86.8 cm³/mol. The number of benzene rings is 1. The summed E-state index contributed by atoms with van der Waals surface area (Å²) in [5, 5.41) is 0. The third-order valence-electron chi connectivity index (χ3n) is 5.12. The van der Waals surface area contributed by atoms with Crippen molar-refractivity contribution in [3.8, 4) is 0 Å². The first kappa shape index (κ1) is 14.8. The molecule has 2 heterocycles. The maximum atomic E-state index is 6.12. The second-order valence-corrected chi connectivity index (χ2v) is 6.35. The maximum absolute atomic E-state index is 6.12. The van der Waals surface area contributed by atoms with Gasteiger partial charge in [0.15, 0.2) is 0 Å². The molecule has 3 rings (SSSR count). The number of aryl methyl sites for hydroxylation is 1. The summed E-state index contributed by atoms with van der Waals surface area (Å²) in [5.74, 6) is 0. The summed E-state index contributed by atoms with van der Waals surface area (Å²) in [7, 11) is 0. The smallest absolute Gasteiger partial charge is 0.0484 e. The lowest BCUT2D eigenvalue weighted by molar-refractivity contribution is -0.0263. The van der Waals surface area contributed by atoms with Gasteiger partial charge in [-0.05, 0) is 37.5 Å². The van der Waals surface area contributed by atoms with Crippen LogP contribution >= 0.6 is 0 Å². The monoisotopic (exact) mass is 289 g/mol. The zero-order chi connectivity index (χ0) is 14.7. The zero-order valence-corrected chi connectivity index (χ0v) is 13.1. The van der Waals surface area contributed by atoms with Gasteiger partial charge in [-0.2, -0.15) is 0 Å². The molecule has 4 heteroatoms. The fourth-order valence-corrected chi connectivity index (χ4v) is 3.66. The fourth-order valence-electron chi connectivity index (χ4n) is 3.66. The Bertz CT molecular complexity index is 463. The third kappa shape index (κ3) is 3.07. The van der Waals surface area contributed by atoms with Gasteiger partial charge < -0.3 is 15.4 Å². The number of nitrogens with two attached hydrogens (primary N) is 1.